The minimum atomic E-state index is -0.804. The molecule has 0 aromatic heterocycles. The lowest BCUT2D eigenvalue weighted by Gasteiger charge is -2.35. The van der Waals surface area contributed by atoms with Gasteiger partial charge in [0.1, 0.15) is 6.10 Å². The topological polar surface area (TPSA) is 37.3 Å². The summed E-state index contributed by atoms with van der Waals surface area (Å²) in [7, 11) is 0. The van der Waals surface area contributed by atoms with Crippen molar-refractivity contribution in [1.82, 2.24) is 0 Å². The van der Waals surface area contributed by atoms with Gasteiger partial charge in [0.15, 0.2) is 5.78 Å². The Bertz CT molecular complexity index is 331. The zero-order valence-corrected chi connectivity index (χ0v) is 9.91. The summed E-state index contributed by atoms with van der Waals surface area (Å²) >= 11 is 0. The second-order valence-corrected chi connectivity index (χ2v) is 4.96. The lowest BCUT2D eigenvalue weighted by atomic mass is 9.68. The van der Waals surface area contributed by atoms with Gasteiger partial charge in [-0.1, -0.05) is 25.2 Å². The van der Waals surface area contributed by atoms with E-state index in [2.05, 4.69) is 18.2 Å². The highest BCUT2D eigenvalue weighted by atomic mass is 16.3. The van der Waals surface area contributed by atoms with Crippen LogP contribution in [0, 0.1) is 5.41 Å². The Morgan fingerprint density at radius 2 is 2.19 bits per heavy atom. The summed E-state index contributed by atoms with van der Waals surface area (Å²) in [5.74, 6) is -0.0362. The molecule has 1 unspecified atom stereocenters. The maximum Gasteiger partial charge on any atom is 0.187 e. The van der Waals surface area contributed by atoms with Gasteiger partial charge in [-0.15, -0.1) is 0 Å². The number of allylic oxidation sites excluding steroid dienone is 3. The van der Waals surface area contributed by atoms with Gasteiger partial charge in [0.2, 0.25) is 0 Å². The van der Waals surface area contributed by atoms with Crippen molar-refractivity contribution >= 4 is 5.78 Å². The van der Waals surface area contributed by atoms with E-state index in [1.54, 1.807) is 0 Å². The summed E-state index contributed by atoms with van der Waals surface area (Å²) in [6, 6.07) is 0. The molecule has 0 saturated carbocycles. The van der Waals surface area contributed by atoms with Gasteiger partial charge in [0, 0.05) is 11.0 Å². The van der Waals surface area contributed by atoms with Crippen molar-refractivity contribution in [2.45, 2.75) is 51.6 Å². The predicted molar refractivity (Wildman–Crippen MR) is 64.0 cm³/mol. The van der Waals surface area contributed by atoms with Crippen LogP contribution in [-0.2, 0) is 4.79 Å². The van der Waals surface area contributed by atoms with Crippen LogP contribution in [-0.4, -0.2) is 17.0 Å². The molecule has 1 spiro atoms. The minimum absolute atomic E-state index is 0.0332. The first-order valence-electron chi connectivity index (χ1n) is 6.27. The maximum atomic E-state index is 12.1. The molecule has 0 heterocycles. The quantitative estimate of drug-likeness (QED) is 0.743. The first kappa shape index (κ1) is 11.6. The third-order valence-corrected chi connectivity index (χ3v) is 3.92. The molecule has 16 heavy (non-hydrogen) atoms. The molecule has 2 heteroatoms. The number of rotatable bonds is 3. The average Bonchev–Trinajstić information content (AvgIpc) is 2.77. The summed E-state index contributed by atoms with van der Waals surface area (Å²) in [6.07, 6.45) is 11.3. The number of aliphatic hydroxyl groups excluding tert-OH is 1. The summed E-state index contributed by atoms with van der Waals surface area (Å²) in [6.45, 7) is 1.85. The average molecular weight is 220 g/mol. The third-order valence-electron chi connectivity index (χ3n) is 3.92. The number of hydrogen-bond donors (Lipinski definition) is 1. The normalized spacial score (nSPS) is 24.5. The first-order valence-corrected chi connectivity index (χ1v) is 6.27. The third kappa shape index (κ3) is 1.86. The Balaban J connectivity index is 2.23. The van der Waals surface area contributed by atoms with E-state index in [0.717, 1.165) is 31.3 Å². The van der Waals surface area contributed by atoms with E-state index in [1.165, 1.54) is 6.42 Å². The fraction of sp³-hybridized carbons (Fsp3) is 0.643. The molecule has 0 bridgehead atoms. The van der Waals surface area contributed by atoms with Gasteiger partial charge < -0.3 is 5.11 Å². The molecule has 0 radical (unpaired) electrons. The Kier molecular flexibility index (Phi) is 3.29. The van der Waals surface area contributed by atoms with E-state index in [9.17, 15) is 9.90 Å². The molecule has 2 rings (SSSR count). The van der Waals surface area contributed by atoms with E-state index in [0.29, 0.717) is 6.42 Å². The molecule has 0 aromatic carbocycles. The van der Waals surface area contributed by atoms with Crippen LogP contribution in [0.3, 0.4) is 0 Å². The number of carbonyl (C=O) groups excluding carboxylic acids is 1. The number of carbonyl (C=O) groups is 1. The second-order valence-electron chi connectivity index (χ2n) is 4.96. The summed E-state index contributed by atoms with van der Waals surface area (Å²) < 4.78 is 0. The van der Waals surface area contributed by atoms with E-state index >= 15 is 0 Å². The number of Topliss-reactive ketones (excluding diaryl/α,β-unsaturated/α-hetero) is 1. The molecule has 0 aromatic rings. The number of ketones is 1. The minimum Gasteiger partial charge on any atom is -0.385 e. The molecule has 2 aliphatic rings. The molecule has 88 valence electrons. The summed E-state index contributed by atoms with van der Waals surface area (Å²) in [4.78, 5) is 12.1. The van der Waals surface area contributed by atoms with Crippen LogP contribution < -0.4 is 0 Å². The predicted octanol–water partition coefficient (Wildman–Crippen LogP) is 2.77. The lowest BCUT2D eigenvalue weighted by Crippen LogP contribution is -2.33. The highest BCUT2D eigenvalue weighted by Crippen LogP contribution is 2.47. The zero-order valence-electron chi connectivity index (χ0n) is 9.91. The van der Waals surface area contributed by atoms with Gasteiger partial charge in [-0.25, -0.2) is 0 Å². The lowest BCUT2D eigenvalue weighted by molar-refractivity contribution is -0.124. The molecule has 0 aliphatic heterocycles. The molecule has 2 nitrogen and oxygen atoms in total. The van der Waals surface area contributed by atoms with E-state index in [1.807, 2.05) is 6.92 Å². The van der Waals surface area contributed by atoms with Crippen LogP contribution in [0.4, 0.5) is 0 Å². The molecule has 0 amide bonds. The van der Waals surface area contributed by atoms with E-state index in [-0.39, 0.29) is 11.2 Å². The highest BCUT2D eigenvalue weighted by molar-refractivity contribution is 6.00. The van der Waals surface area contributed by atoms with Gasteiger partial charge in [0.05, 0.1) is 0 Å². The van der Waals surface area contributed by atoms with Gasteiger partial charge in [0.25, 0.3) is 0 Å². The Labute approximate surface area is 97.0 Å². The molecular weight excluding hydrogens is 200 g/mol. The number of hydrogen-bond acceptors (Lipinski definition) is 2. The largest absolute Gasteiger partial charge is 0.385 e. The highest BCUT2D eigenvalue weighted by Gasteiger charge is 2.40. The Morgan fingerprint density at radius 3 is 2.81 bits per heavy atom. The Hall–Kier alpha value is -0.890. The first-order chi connectivity index (χ1) is 7.69. The van der Waals surface area contributed by atoms with E-state index < -0.39 is 6.10 Å². The van der Waals surface area contributed by atoms with Crippen LogP contribution in [0.2, 0.25) is 0 Å². The smallest absolute Gasteiger partial charge is 0.187 e. The van der Waals surface area contributed by atoms with Gasteiger partial charge in [-0.05, 0) is 38.5 Å². The van der Waals surface area contributed by atoms with Crippen molar-refractivity contribution in [3.63, 3.8) is 0 Å². The monoisotopic (exact) mass is 220 g/mol. The fourth-order valence-electron chi connectivity index (χ4n) is 2.89. The van der Waals surface area contributed by atoms with Gasteiger partial charge in [-0.3, -0.25) is 4.79 Å². The summed E-state index contributed by atoms with van der Waals surface area (Å²) in [5.41, 5.74) is 0.934. The molecule has 0 fully saturated rings. The molecule has 2 aliphatic carbocycles. The van der Waals surface area contributed by atoms with Crippen LogP contribution in [0.25, 0.3) is 0 Å². The molecule has 1 atom stereocenters. The molecular formula is C14H20O2. The van der Waals surface area contributed by atoms with E-state index in [4.69, 9.17) is 0 Å². The fourth-order valence-corrected chi connectivity index (χ4v) is 2.89. The standard InChI is InChI=1S/C14H20O2/c1-2-12(15)13(16)11-7-3-4-8-14(11)9-5-6-10-14/h5-7,12,15H,2-4,8-10H2,1H3. The Morgan fingerprint density at radius 1 is 1.50 bits per heavy atom. The van der Waals surface area contributed by atoms with Crippen molar-refractivity contribution in [3.05, 3.63) is 23.8 Å². The molecule has 1 N–H and O–H groups in total. The van der Waals surface area contributed by atoms with Crippen molar-refractivity contribution in [2.75, 3.05) is 0 Å². The van der Waals surface area contributed by atoms with Gasteiger partial charge >= 0.3 is 0 Å². The van der Waals surface area contributed by atoms with Crippen LogP contribution in [0.5, 0.6) is 0 Å². The molecule has 0 saturated heterocycles. The van der Waals surface area contributed by atoms with Crippen LogP contribution in [0.15, 0.2) is 23.8 Å². The van der Waals surface area contributed by atoms with Crippen molar-refractivity contribution in [1.29, 1.82) is 0 Å². The number of aliphatic hydroxyl groups is 1. The SMILES string of the molecule is CCC(O)C(=O)C1=CCCCC12CC=CC2. The summed E-state index contributed by atoms with van der Waals surface area (Å²) in [5, 5.41) is 9.71. The van der Waals surface area contributed by atoms with Gasteiger partial charge in [-0.2, -0.15) is 0 Å². The van der Waals surface area contributed by atoms with Crippen LogP contribution in [0.1, 0.15) is 45.4 Å². The second kappa shape index (κ2) is 4.54. The zero-order chi connectivity index (χ0) is 11.6. The van der Waals surface area contributed by atoms with Crippen molar-refractivity contribution < 1.29 is 9.90 Å². The van der Waals surface area contributed by atoms with Crippen molar-refractivity contribution in [3.8, 4) is 0 Å². The van der Waals surface area contributed by atoms with Crippen molar-refractivity contribution in [2.24, 2.45) is 5.41 Å². The maximum absolute atomic E-state index is 12.1. The van der Waals surface area contributed by atoms with Crippen LogP contribution >= 0.6 is 0 Å².